The highest BCUT2D eigenvalue weighted by Crippen LogP contribution is 2.18. The van der Waals surface area contributed by atoms with Crippen LogP contribution < -0.4 is 5.73 Å². The fourth-order valence-electron chi connectivity index (χ4n) is 1.29. The lowest BCUT2D eigenvalue weighted by Gasteiger charge is -2.30. The van der Waals surface area contributed by atoms with E-state index in [1.165, 1.54) is 18.7 Å². The summed E-state index contributed by atoms with van der Waals surface area (Å²) in [5.41, 5.74) is 5.35. The predicted molar refractivity (Wildman–Crippen MR) is 69.2 cm³/mol. The lowest BCUT2D eigenvalue weighted by molar-refractivity contribution is -0.132. The standard InChI is InChI=1S/C10H21N3O4S/c1-5-6-13(7-8(11)12-15)9(14)10(2,3)18(4,16)17/h15H,5-7H2,1-4H3,(H2,11,12). The van der Waals surface area contributed by atoms with Crippen LogP contribution in [0.5, 0.6) is 0 Å². The molecule has 7 nitrogen and oxygen atoms in total. The van der Waals surface area contributed by atoms with Crippen LogP contribution in [0, 0.1) is 0 Å². The molecule has 106 valence electrons. The zero-order valence-electron chi connectivity index (χ0n) is 11.2. The molecule has 0 aliphatic heterocycles. The van der Waals surface area contributed by atoms with E-state index in [1.54, 1.807) is 0 Å². The number of nitrogens with zero attached hydrogens (tertiary/aromatic N) is 2. The van der Waals surface area contributed by atoms with Gasteiger partial charge in [0.15, 0.2) is 15.7 Å². The molecule has 0 unspecified atom stereocenters. The third kappa shape index (κ3) is 3.86. The van der Waals surface area contributed by atoms with Crippen LogP contribution >= 0.6 is 0 Å². The van der Waals surface area contributed by atoms with Crippen LogP contribution in [-0.2, 0) is 14.6 Å². The quantitative estimate of drug-likeness (QED) is 0.302. The smallest absolute Gasteiger partial charge is 0.243 e. The number of hydrogen-bond acceptors (Lipinski definition) is 5. The molecule has 0 heterocycles. The Morgan fingerprint density at radius 1 is 1.44 bits per heavy atom. The largest absolute Gasteiger partial charge is 0.409 e. The fourth-order valence-corrected chi connectivity index (χ4v) is 1.74. The van der Waals surface area contributed by atoms with Crippen LogP contribution in [0.2, 0.25) is 0 Å². The second kappa shape index (κ2) is 6.03. The van der Waals surface area contributed by atoms with E-state index in [2.05, 4.69) is 5.16 Å². The van der Waals surface area contributed by atoms with Crippen molar-refractivity contribution in [1.29, 1.82) is 0 Å². The van der Waals surface area contributed by atoms with Gasteiger partial charge in [-0.05, 0) is 20.3 Å². The van der Waals surface area contributed by atoms with Gasteiger partial charge in [0.1, 0.15) is 4.75 Å². The van der Waals surface area contributed by atoms with Crippen molar-refractivity contribution in [1.82, 2.24) is 4.90 Å². The minimum absolute atomic E-state index is 0.0951. The molecule has 8 heteroatoms. The Hall–Kier alpha value is -1.31. The maximum atomic E-state index is 12.2. The average molecular weight is 279 g/mol. The third-order valence-corrected chi connectivity index (χ3v) is 4.73. The third-order valence-electron chi connectivity index (χ3n) is 2.70. The van der Waals surface area contributed by atoms with E-state index >= 15 is 0 Å². The zero-order chi connectivity index (χ0) is 14.6. The maximum absolute atomic E-state index is 12.2. The van der Waals surface area contributed by atoms with Crippen molar-refractivity contribution in [2.75, 3.05) is 19.3 Å². The number of carbonyl (C=O) groups is 1. The van der Waals surface area contributed by atoms with Crippen molar-refractivity contribution in [3.8, 4) is 0 Å². The van der Waals surface area contributed by atoms with Gasteiger partial charge in [-0.15, -0.1) is 0 Å². The molecular formula is C10H21N3O4S. The second-order valence-electron chi connectivity index (χ2n) is 4.60. The molecule has 0 rings (SSSR count). The van der Waals surface area contributed by atoms with Crippen molar-refractivity contribution in [3.63, 3.8) is 0 Å². The Labute approximate surface area is 108 Å². The second-order valence-corrected chi connectivity index (χ2v) is 7.17. The molecule has 1 amide bonds. The zero-order valence-corrected chi connectivity index (χ0v) is 12.0. The number of rotatable bonds is 6. The topological polar surface area (TPSA) is 113 Å². The van der Waals surface area contributed by atoms with Gasteiger partial charge in [0, 0.05) is 12.8 Å². The number of hydrogen-bond donors (Lipinski definition) is 2. The summed E-state index contributed by atoms with van der Waals surface area (Å²) in [4.78, 5) is 13.5. The number of amidine groups is 1. The number of nitrogens with two attached hydrogens (primary N) is 1. The number of amides is 1. The van der Waals surface area contributed by atoms with E-state index < -0.39 is 20.5 Å². The summed E-state index contributed by atoms with van der Waals surface area (Å²) in [6.45, 7) is 4.79. The van der Waals surface area contributed by atoms with Crippen LogP contribution in [0.3, 0.4) is 0 Å². The van der Waals surface area contributed by atoms with Gasteiger partial charge < -0.3 is 15.8 Å². The van der Waals surface area contributed by atoms with Gasteiger partial charge in [0.25, 0.3) is 0 Å². The fraction of sp³-hybridized carbons (Fsp3) is 0.800. The lowest BCUT2D eigenvalue weighted by atomic mass is 10.1. The average Bonchev–Trinajstić information content (AvgIpc) is 2.25. The summed E-state index contributed by atoms with van der Waals surface area (Å²) in [7, 11) is -3.54. The summed E-state index contributed by atoms with van der Waals surface area (Å²) in [6.07, 6.45) is 1.66. The molecule has 0 aromatic carbocycles. The lowest BCUT2D eigenvalue weighted by Crippen LogP contribution is -2.52. The Kier molecular flexibility index (Phi) is 5.59. The van der Waals surface area contributed by atoms with Gasteiger partial charge in [-0.25, -0.2) is 8.42 Å². The molecule has 0 radical (unpaired) electrons. The van der Waals surface area contributed by atoms with Gasteiger partial charge in [-0.2, -0.15) is 0 Å². The van der Waals surface area contributed by atoms with Crippen molar-refractivity contribution >= 4 is 21.6 Å². The summed E-state index contributed by atoms with van der Waals surface area (Å²) >= 11 is 0. The molecule has 0 bridgehead atoms. The molecule has 0 saturated carbocycles. The maximum Gasteiger partial charge on any atom is 0.243 e. The molecule has 0 aliphatic carbocycles. The first kappa shape index (κ1) is 16.7. The van der Waals surface area contributed by atoms with E-state index in [9.17, 15) is 13.2 Å². The Balaban J connectivity index is 5.21. The highest BCUT2D eigenvalue weighted by Gasteiger charge is 2.41. The van der Waals surface area contributed by atoms with Crippen molar-refractivity contribution in [2.45, 2.75) is 31.9 Å². The van der Waals surface area contributed by atoms with E-state index in [-0.39, 0.29) is 12.4 Å². The summed E-state index contributed by atoms with van der Waals surface area (Å²) in [5, 5.41) is 11.3. The number of oxime groups is 1. The van der Waals surface area contributed by atoms with E-state index in [0.717, 1.165) is 6.26 Å². The minimum atomic E-state index is -3.54. The van der Waals surface area contributed by atoms with Crippen LogP contribution in [0.25, 0.3) is 0 Å². The first-order valence-electron chi connectivity index (χ1n) is 5.53. The van der Waals surface area contributed by atoms with Crippen LogP contribution in [0.15, 0.2) is 5.16 Å². The van der Waals surface area contributed by atoms with Crippen LogP contribution in [-0.4, -0.2) is 54.4 Å². The summed E-state index contributed by atoms with van der Waals surface area (Å²) in [5.74, 6) is -0.695. The highest BCUT2D eigenvalue weighted by atomic mass is 32.2. The SMILES string of the molecule is CCCN(CC(N)=NO)C(=O)C(C)(C)S(C)(=O)=O. The first-order chi connectivity index (χ1) is 8.07. The Bertz CT molecular complexity index is 428. The monoisotopic (exact) mass is 279 g/mol. The molecule has 0 spiro atoms. The van der Waals surface area contributed by atoms with Crippen LogP contribution in [0.1, 0.15) is 27.2 Å². The highest BCUT2D eigenvalue weighted by molar-refractivity contribution is 7.92. The molecule has 18 heavy (non-hydrogen) atoms. The molecule has 0 aliphatic rings. The van der Waals surface area contributed by atoms with Crippen LogP contribution in [0.4, 0.5) is 0 Å². The molecular weight excluding hydrogens is 258 g/mol. The van der Waals surface area contributed by atoms with E-state index in [1.807, 2.05) is 6.92 Å². The van der Waals surface area contributed by atoms with Gasteiger partial charge >= 0.3 is 0 Å². The molecule has 0 atom stereocenters. The van der Waals surface area contributed by atoms with Gasteiger partial charge in [0.2, 0.25) is 5.91 Å². The molecule has 0 aromatic heterocycles. The van der Waals surface area contributed by atoms with Gasteiger partial charge in [-0.1, -0.05) is 12.1 Å². The number of carbonyl (C=O) groups excluding carboxylic acids is 1. The predicted octanol–water partition coefficient (Wildman–Crippen LogP) is -0.205. The minimum Gasteiger partial charge on any atom is -0.409 e. The Morgan fingerprint density at radius 3 is 2.28 bits per heavy atom. The summed E-state index contributed by atoms with van der Waals surface area (Å²) < 4.78 is 21.7. The van der Waals surface area contributed by atoms with Crippen molar-refractivity contribution in [3.05, 3.63) is 0 Å². The Morgan fingerprint density at radius 2 is 1.94 bits per heavy atom. The molecule has 0 aromatic rings. The van der Waals surface area contributed by atoms with Crippen molar-refractivity contribution < 1.29 is 18.4 Å². The summed E-state index contributed by atoms with van der Waals surface area (Å²) in [6, 6.07) is 0. The first-order valence-corrected chi connectivity index (χ1v) is 7.42. The van der Waals surface area contributed by atoms with Gasteiger partial charge in [0.05, 0.1) is 6.54 Å². The molecule has 3 N–H and O–H groups in total. The van der Waals surface area contributed by atoms with Gasteiger partial charge in [-0.3, -0.25) is 4.79 Å². The van der Waals surface area contributed by atoms with E-state index in [4.69, 9.17) is 10.9 Å². The molecule has 0 fully saturated rings. The molecule has 0 saturated heterocycles. The number of sulfone groups is 1. The normalized spacial score (nSPS) is 13.4. The van der Waals surface area contributed by atoms with E-state index in [0.29, 0.717) is 13.0 Å². The van der Waals surface area contributed by atoms with Crippen molar-refractivity contribution in [2.24, 2.45) is 10.9 Å².